The van der Waals surface area contributed by atoms with Crippen molar-refractivity contribution in [3.8, 4) is 5.75 Å². The van der Waals surface area contributed by atoms with Gasteiger partial charge in [-0.1, -0.05) is 20.3 Å². The quantitative estimate of drug-likeness (QED) is 0.623. The topological polar surface area (TPSA) is 61.5 Å². The number of carbonyl (C=O) groups is 1. The Bertz CT molecular complexity index is 404. The summed E-state index contributed by atoms with van der Waals surface area (Å²) in [5, 5.41) is 0. The Morgan fingerprint density at radius 1 is 1.44 bits per heavy atom. The van der Waals surface area contributed by atoms with Crippen LogP contribution in [0.5, 0.6) is 5.75 Å². The van der Waals surface area contributed by atoms with Crippen molar-refractivity contribution in [3.63, 3.8) is 0 Å². The third-order valence-corrected chi connectivity index (χ3v) is 2.74. The molecule has 4 heteroatoms. The molecular formula is C14H21NO3. The fourth-order valence-electron chi connectivity index (χ4n) is 1.71. The van der Waals surface area contributed by atoms with Crippen LogP contribution in [-0.2, 0) is 4.74 Å². The van der Waals surface area contributed by atoms with Crippen molar-refractivity contribution in [2.75, 3.05) is 19.5 Å². The fourth-order valence-corrected chi connectivity index (χ4v) is 1.71. The molecule has 1 aromatic carbocycles. The lowest BCUT2D eigenvalue weighted by Gasteiger charge is -2.14. The van der Waals surface area contributed by atoms with E-state index in [4.69, 9.17) is 10.5 Å². The molecule has 0 saturated carbocycles. The molecule has 1 rings (SSSR count). The van der Waals surface area contributed by atoms with Crippen molar-refractivity contribution >= 4 is 11.7 Å². The molecule has 1 atom stereocenters. The Kier molecular flexibility index (Phi) is 5.49. The number of benzene rings is 1. The minimum atomic E-state index is -0.388. The second kappa shape index (κ2) is 6.89. The van der Waals surface area contributed by atoms with Crippen molar-refractivity contribution in [2.45, 2.75) is 26.7 Å². The minimum Gasteiger partial charge on any atom is -0.491 e. The summed E-state index contributed by atoms with van der Waals surface area (Å²) < 4.78 is 10.3. The van der Waals surface area contributed by atoms with E-state index in [1.54, 1.807) is 18.2 Å². The van der Waals surface area contributed by atoms with Crippen LogP contribution in [0, 0.1) is 5.92 Å². The van der Waals surface area contributed by atoms with Crippen molar-refractivity contribution in [3.05, 3.63) is 23.8 Å². The van der Waals surface area contributed by atoms with Gasteiger partial charge in [0.05, 0.1) is 25.0 Å². The highest BCUT2D eigenvalue weighted by molar-refractivity contribution is 5.90. The van der Waals surface area contributed by atoms with E-state index in [0.29, 0.717) is 29.5 Å². The molecular weight excluding hydrogens is 230 g/mol. The molecule has 1 aromatic rings. The van der Waals surface area contributed by atoms with Crippen LogP contribution in [0.25, 0.3) is 0 Å². The van der Waals surface area contributed by atoms with Gasteiger partial charge in [0, 0.05) is 0 Å². The second-order valence-corrected chi connectivity index (χ2v) is 4.45. The number of hydrogen-bond acceptors (Lipinski definition) is 4. The van der Waals surface area contributed by atoms with E-state index in [1.165, 1.54) is 7.11 Å². The van der Waals surface area contributed by atoms with E-state index in [2.05, 4.69) is 18.6 Å². The lowest BCUT2D eigenvalue weighted by molar-refractivity contribution is 0.0600. The van der Waals surface area contributed by atoms with Crippen molar-refractivity contribution < 1.29 is 14.3 Å². The molecule has 0 amide bonds. The third kappa shape index (κ3) is 3.95. The highest BCUT2D eigenvalue weighted by atomic mass is 16.5. The van der Waals surface area contributed by atoms with Gasteiger partial charge < -0.3 is 15.2 Å². The van der Waals surface area contributed by atoms with Gasteiger partial charge in [-0.05, 0) is 30.5 Å². The summed E-state index contributed by atoms with van der Waals surface area (Å²) in [4.78, 5) is 11.4. The largest absolute Gasteiger partial charge is 0.491 e. The summed E-state index contributed by atoms with van der Waals surface area (Å²) >= 11 is 0. The van der Waals surface area contributed by atoms with E-state index in [1.807, 2.05) is 0 Å². The molecule has 0 fully saturated rings. The molecule has 0 aliphatic carbocycles. The first kappa shape index (κ1) is 14.4. The van der Waals surface area contributed by atoms with E-state index in [-0.39, 0.29) is 5.97 Å². The smallest absolute Gasteiger partial charge is 0.337 e. The zero-order valence-electron chi connectivity index (χ0n) is 11.2. The highest BCUT2D eigenvalue weighted by Crippen LogP contribution is 2.24. The van der Waals surface area contributed by atoms with Gasteiger partial charge in [-0.15, -0.1) is 0 Å². The van der Waals surface area contributed by atoms with Crippen LogP contribution in [0.4, 0.5) is 5.69 Å². The monoisotopic (exact) mass is 251 g/mol. The maximum atomic E-state index is 11.4. The average molecular weight is 251 g/mol. The molecule has 18 heavy (non-hydrogen) atoms. The van der Waals surface area contributed by atoms with Crippen LogP contribution in [0.1, 0.15) is 37.0 Å². The van der Waals surface area contributed by atoms with Crippen LogP contribution >= 0.6 is 0 Å². The van der Waals surface area contributed by atoms with Crippen LogP contribution in [0.15, 0.2) is 18.2 Å². The Balaban J connectivity index is 2.72. The number of nitrogen functional groups attached to an aromatic ring is 1. The van der Waals surface area contributed by atoms with Gasteiger partial charge in [0.2, 0.25) is 0 Å². The molecule has 0 radical (unpaired) electrons. The number of rotatable bonds is 6. The summed E-state index contributed by atoms with van der Waals surface area (Å²) in [6, 6.07) is 4.91. The first-order valence-corrected chi connectivity index (χ1v) is 6.19. The van der Waals surface area contributed by atoms with E-state index in [0.717, 1.165) is 12.8 Å². The lowest BCUT2D eigenvalue weighted by atomic mass is 10.1. The van der Waals surface area contributed by atoms with E-state index < -0.39 is 0 Å². The number of anilines is 1. The molecule has 0 spiro atoms. The SMILES string of the molecule is CCCC(C)COc1cc(C(=O)OC)ccc1N. The molecule has 0 aromatic heterocycles. The normalized spacial score (nSPS) is 11.9. The van der Waals surface area contributed by atoms with Gasteiger partial charge in [0.15, 0.2) is 0 Å². The Morgan fingerprint density at radius 2 is 2.17 bits per heavy atom. The Labute approximate surface area is 108 Å². The summed E-state index contributed by atoms with van der Waals surface area (Å²) in [7, 11) is 1.35. The first-order chi connectivity index (χ1) is 8.58. The zero-order valence-corrected chi connectivity index (χ0v) is 11.2. The van der Waals surface area contributed by atoms with Crippen LogP contribution in [-0.4, -0.2) is 19.7 Å². The number of ether oxygens (including phenoxy) is 2. The zero-order chi connectivity index (χ0) is 13.5. The van der Waals surface area contributed by atoms with Crippen molar-refractivity contribution in [2.24, 2.45) is 5.92 Å². The maximum Gasteiger partial charge on any atom is 0.337 e. The molecule has 2 N–H and O–H groups in total. The molecule has 0 aliphatic heterocycles. The number of esters is 1. The summed E-state index contributed by atoms with van der Waals surface area (Å²) in [6.45, 7) is 4.87. The van der Waals surface area contributed by atoms with Gasteiger partial charge in [-0.2, -0.15) is 0 Å². The lowest BCUT2D eigenvalue weighted by Crippen LogP contribution is -2.10. The van der Waals surface area contributed by atoms with Crippen LogP contribution < -0.4 is 10.5 Å². The molecule has 0 bridgehead atoms. The summed E-state index contributed by atoms with van der Waals surface area (Å²) in [6.07, 6.45) is 2.23. The molecule has 1 unspecified atom stereocenters. The van der Waals surface area contributed by atoms with Crippen molar-refractivity contribution in [1.82, 2.24) is 0 Å². The summed E-state index contributed by atoms with van der Waals surface area (Å²) in [5.74, 6) is 0.624. The average Bonchev–Trinajstić information content (AvgIpc) is 2.37. The molecule has 0 heterocycles. The predicted octanol–water partition coefficient (Wildman–Crippen LogP) is 2.87. The standard InChI is InChI=1S/C14H21NO3/c1-4-5-10(2)9-18-13-8-11(14(16)17-3)6-7-12(13)15/h6-8,10H,4-5,9,15H2,1-3H3. The number of nitrogens with two attached hydrogens (primary N) is 1. The van der Waals surface area contributed by atoms with Crippen molar-refractivity contribution in [1.29, 1.82) is 0 Å². The van der Waals surface area contributed by atoms with Gasteiger partial charge in [0.1, 0.15) is 5.75 Å². The predicted molar refractivity (Wildman–Crippen MR) is 71.8 cm³/mol. The minimum absolute atomic E-state index is 0.388. The van der Waals surface area contributed by atoms with Crippen LogP contribution in [0.3, 0.4) is 0 Å². The van der Waals surface area contributed by atoms with E-state index >= 15 is 0 Å². The molecule has 4 nitrogen and oxygen atoms in total. The van der Waals surface area contributed by atoms with Gasteiger partial charge in [-0.25, -0.2) is 4.79 Å². The molecule has 100 valence electrons. The number of methoxy groups -OCH3 is 1. The van der Waals surface area contributed by atoms with Gasteiger partial charge >= 0.3 is 5.97 Å². The second-order valence-electron chi connectivity index (χ2n) is 4.45. The van der Waals surface area contributed by atoms with E-state index in [9.17, 15) is 4.79 Å². The first-order valence-electron chi connectivity index (χ1n) is 6.19. The van der Waals surface area contributed by atoms with Gasteiger partial charge in [-0.3, -0.25) is 0 Å². The fraction of sp³-hybridized carbons (Fsp3) is 0.500. The third-order valence-electron chi connectivity index (χ3n) is 2.74. The number of hydrogen-bond donors (Lipinski definition) is 1. The molecule has 0 saturated heterocycles. The Morgan fingerprint density at radius 3 is 2.78 bits per heavy atom. The maximum absolute atomic E-state index is 11.4. The van der Waals surface area contributed by atoms with Gasteiger partial charge in [0.25, 0.3) is 0 Å². The van der Waals surface area contributed by atoms with Crippen LogP contribution in [0.2, 0.25) is 0 Å². The molecule has 0 aliphatic rings. The summed E-state index contributed by atoms with van der Waals surface area (Å²) in [5.41, 5.74) is 6.80. The highest BCUT2D eigenvalue weighted by Gasteiger charge is 2.10. The number of carbonyl (C=O) groups excluding carboxylic acids is 1. The Hall–Kier alpha value is -1.71.